The third-order valence-corrected chi connectivity index (χ3v) is 4.90. The molecule has 0 amide bonds. The second-order valence-electron chi connectivity index (χ2n) is 5.74. The van der Waals surface area contributed by atoms with Gasteiger partial charge in [0.1, 0.15) is 5.75 Å². The molecule has 2 aliphatic rings. The molecule has 98 valence electrons. The lowest BCUT2D eigenvalue weighted by atomic mass is 9.66. The van der Waals surface area contributed by atoms with E-state index < -0.39 is 0 Å². The first-order valence-electron chi connectivity index (χ1n) is 6.60. The largest absolute Gasteiger partial charge is 0.496 e. The Bertz CT molecular complexity index is 462. The first kappa shape index (κ1) is 12.0. The average Bonchev–Trinajstić information content (AvgIpc) is 3.09. The lowest BCUT2D eigenvalue weighted by molar-refractivity contribution is -0.0973. The van der Waals surface area contributed by atoms with Crippen molar-refractivity contribution >= 4 is 0 Å². The van der Waals surface area contributed by atoms with Crippen LogP contribution in [0.25, 0.3) is 0 Å². The zero-order valence-corrected chi connectivity index (χ0v) is 11.2. The number of methoxy groups -OCH3 is 1. The molecule has 1 aliphatic heterocycles. The summed E-state index contributed by atoms with van der Waals surface area (Å²) in [5.74, 6) is 0.951. The van der Waals surface area contributed by atoms with Crippen molar-refractivity contribution in [3.05, 3.63) is 29.3 Å². The average molecular weight is 247 g/mol. The second kappa shape index (κ2) is 3.97. The third-order valence-electron chi connectivity index (χ3n) is 4.90. The van der Waals surface area contributed by atoms with Gasteiger partial charge in [0.05, 0.1) is 20.3 Å². The molecule has 3 heteroatoms. The van der Waals surface area contributed by atoms with E-state index in [4.69, 9.17) is 15.2 Å². The number of hydrogen-bond donors (Lipinski definition) is 1. The Hall–Kier alpha value is -1.06. The van der Waals surface area contributed by atoms with Gasteiger partial charge in [-0.05, 0) is 48.9 Å². The number of ether oxygens (including phenoxy) is 2. The summed E-state index contributed by atoms with van der Waals surface area (Å²) in [5, 5.41) is 0. The Morgan fingerprint density at radius 3 is 2.44 bits per heavy atom. The fraction of sp³-hybridized carbons (Fsp3) is 0.600. The highest BCUT2D eigenvalue weighted by molar-refractivity contribution is 5.43. The van der Waals surface area contributed by atoms with Crippen LogP contribution in [0.2, 0.25) is 0 Å². The van der Waals surface area contributed by atoms with Crippen LogP contribution in [0.5, 0.6) is 5.75 Å². The van der Waals surface area contributed by atoms with E-state index in [0.717, 1.165) is 25.5 Å². The van der Waals surface area contributed by atoms with Gasteiger partial charge in [0.15, 0.2) is 0 Å². The Labute approximate surface area is 108 Å². The minimum absolute atomic E-state index is 0.152. The summed E-state index contributed by atoms with van der Waals surface area (Å²) >= 11 is 0. The van der Waals surface area contributed by atoms with E-state index >= 15 is 0 Å². The van der Waals surface area contributed by atoms with Crippen LogP contribution in [0, 0.1) is 12.3 Å². The number of aryl methyl sites for hydroxylation is 1. The summed E-state index contributed by atoms with van der Waals surface area (Å²) in [6.07, 6.45) is 2.47. The number of nitrogens with two attached hydrogens (primary N) is 1. The van der Waals surface area contributed by atoms with Crippen molar-refractivity contribution in [1.29, 1.82) is 0 Å². The van der Waals surface area contributed by atoms with Gasteiger partial charge >= 0.3 is 0 Å². The molecule has 3 rings (SSSR count). The molecule has 0 unspecified atom stereocenters. The predicted octanol–water partition coefficient (Wildman–Crippen LogP) is 2.01. The molecular formula is C15H21NO2. The summed E-state index contributed by atoms with van der Waals surface area (Å²) in [6, 6.07) is 6.50. The van der Waals surface area contributed by atoms with Crippen molar-refractivity contribution in [1.82, 2.24) is 0 Å². The lowest BCUT2D eigenvalue weighted by Crippen LogP contribution is -2.56. The van der Waals surface area contributed by atoms with Crippen LogP contribution >= 0.6 is 0 Å². The standard InChI is InChI=1S/C15H21NO2/c1-11-7-12(3-4-13(11)17-2)15(9-18-10-15)14(8-16)5-6-14/h3-4,7H,5-6,8-10,16H2,1-2H3. The fourth-order valence-electron chi connectivity index (χ4n) is 3.29. The summed E-state index contributed by atoms with van der Waals surface area (Å²) in [7, 11) is 1.71. The molecule has 0 spiro atoms. The molecule has 1 saturated carbocycles. The fourth-order valence-corrected chi connectivity index (χ4v) is 3.29. The van der Waals surface area contributed by atoms with E-state index in [1.807, 2.05) is 0 Å². The van der Waals surface area contributed by atoms with Crippen LogP contribution in [0.15, 0.2) is 18.2 Å². The van der Waals surface area contributed by atoms with E-state index in [1.165, 1.54) is 24.0 Å². The van der Waals surface area contributed by atoms with E-state index in [9.17, 15) is 0 Å². The Balaban J connectivity index is 2.00. The maximum absolute atomic E-state index is 6.02. The molecule has 1 aromatic carbocycles. The monoisotopic (exact) mass is 247 g/mol. The van der Waals surface area contributed by atoms with E-state index in [-0.39, 0.29) is 10.8 Å². The zero-order valence-electron chi connectivity index (χ0n) is 11.2. The Morgan fingerprint density at radius 1 is 1.33 bits per heavy atom. The second-order valence-corrected chi connectivity index (χ2v) is 5.74. The van der Waals surface area contributed by atoms with Gasteiger partial charge in [-0.2, -0.15) is 0 Å². The molecule has 0 radical (unpaired) electrons. The quantitative estimate of drug-likeness (QED) is 0.885. The van der Waals surface area contributed by atoms with Gasteiger partial charge in [-0.15, -0.1) is 0 Å². The maximum atomic E-state index is 6.02. The van der Waals surface area contributed by atoms with Gasteiger partial charge in [0, 0.05) is 5.41 Å². The van der Waals surface area contributed by atoms with Gasteiger partial charge in [0.2, 0.25) is 0 Å². The van der Waals surface area contributed by atoms with Gasteiger partial charge in [-0.25, -0.2) is 0 Å². The molecule has 0 atom stereocenters. The predicted molar refractivity (Wildman–Crippen MR) is 70.9 cm³/mol. The number of hydrogen-bond acceptors (Lipinski definition) is 3. The zero-order chi connectivity index (χ0) is 12.8. The molecule has 1 saturated heterocycles. The minimum atomic E-state index is 0.152. The first-order chi connectivity index (χ1) is 8.67. The van der Waals surface area contributed by atoms with Crippen molar-refractivity contribution in [3.8, 4) is 5.75 Å². The maximum Gasteiger partial charge on any atom is 0.121 e. The summed E-state index contributed by atoms with van der Waals surface area (Å²) < 4.78 is 10.9. The van der Waals surface area contributed by atoms with E-state index in [0.29, 0.717) is 0 Å². The van der Waals surface area contributed by atoms with Crippen LogP contribution in [0.1, 0.15) is 24.0 Å². The summed E-state index contributed by atoms with van der Waals surface area (Å²) in [6.45, 7) is 4.49. The molecule has 1 heterocycles. The third kappa shape index (κ3) is 1.44. The van der Waals surface area contributed by atoms with Crippen molar-refractivity contribution in [2.45, 2.75) is 25.2 Å². The minimum Gasteiger partial charge on any atom is -0.496 e. The Kier molecular flexibility index (Phi) is 2.65. The summed E-state index contributed by atoms with van der Waals surface area (Å²) in [4.78, 5) is 0. The van der Waals surface area contributed by atoms with Crippen molar-refractivity contribution in [2.75, 3.05) is 26.9 Å². The molecule has 0 bridgehead atoms. The SMILES string of the molecule is COc1ccc(C2(C3(CN)CC3)COC2)cc1C. The van der Waals surface area contributed by atoms with Gasteiger partial charge < -0.3 is 15.2 Å². The van der Waals surface area contributed by atoms with Crippen molar-refractivity contribution in [3.63, 3.8) is 0 Å². The highest BCUT2D eigenvalue weighted by Crippen LogP contribution is 2.61. The van der Waals surface area contributed by atoms with E-state index in [1.54, 1.807) is 7.11 Å². The molecule has 18 heavy (non-hydrogen) atoms. The molecular weight excluding hydrogens is 226 g/mol. The molecule has 0 aromatic heterocycles. The normalized spacial score (nSPS) is 23.3. The van der Waals surface area contributed by atoms with Crippen LogP contribution in [-0.2, 0) is 10.2 Å². The lowest BCUT2D eigenvalue weighted by Gasteiger charge is -2.48. The molecule has 1 aromatic rings. The van der Waals surface area contributed by atoms with Gasteiger partial charge in [-0.1, -0.05) is 12.1 Å². The van der Waals surface area contributed by atoms with Crippen LogP contribution < -0.4 is 10.5 Å². The van der Waals surface area contributed by atoms with Crippen molar-refractivity contribution < 1.29 is 9.47 Å². The van der Waals surface area contributed by atoms with Crippen LogP contribution in [0.4, 0.5) is 0 Å². The highest BCUT2D eigenvalue weighted by atomic mass is 16.5. The molecule has 2 fully saturated rings. The molecule has 1 aliphatic carbocycles. The topological polar surface area (TPSA) is 44.5 Å². The number of benzene rings is 1. The van der Waals surface area contributed by atoms with Gasteiger partial charge in [0.25, 0.3) is 0 Å². The van der Waals surface area contributed by atoms with Crippen LogP contribution in [0.3, 0.4) is 0 Å². The summed E-state index contributed by atoms with van der Waals surface area (Å²) in [5.41, 5.74) is 9.01. The smallest absolute Gasteiger partial charge is 0.121 e. The highest BCUT2D eigenvalue weighted by Gasteiger charge is 2.62. The number of rotatable bonds is 4. The Morgan fingerprint density at radius 2 is 2.06 bits per heavy atom. The molecule has 2 N–H and O–H groups in total. The van der Waals surface area contributed by atoms with E-state index in [2.05, 4.69) is 25.1 Å². The van der Waals surface area contributed by atoms with Crippen LogP contribution in [-0.4, -0.2) is 26.9 Å². The van der Waals surface area contributed by atoms with Gasteiger partial charge in [-0.3, -0.25) is 0 Å². The van der Waals surface area contributed by atoms with Crippen molar-refractivity contribution in [2.24, 2.45) is 11.1 Å². The first-order valence-corrected chi connectivity index (χ1v) is 6.60. The molecule has 3 nitrogen and oxygen atoms in total.